The number of benzene rings is 1. The van der Waals surface area contributed by atoms with E-state index >= 15 is 0 Å². The van der Waals surface area contributed by atoms with Crippen molar-refractivity contribution in [3.63, 3.8) is 0 Å². The predicted molar refractivity (Wildman–Crippen MR) is 103 cm³/mol. The van der Waals surface area contributed by atoms with Crippen molar-refractivity contribution in [3.8, 4) is 0 Å². The molecule has 0 atom stereocenters. The molecule has 134 valence electrons. The summed E-state index contributed by atoms with van der Waals surface area (Å²) in [7, 11) is 0. The van der Waals surface area contributed by atoms with Crippen LogP contribution < -0.4 is 11.1 Å². The fourth-order valence-electron chi connectivity index (χ4n) is 3.37. The lowest BCUT2D eigenvalue weighted by atomic mass is 10.1. The van der Waals surface area contributed by atoms with Gasteiger partial charge in [0, 0.05) is 30.2 Å². The van der Waals surface area contributed by atoms with Crippen LogP contribution in [0.15, 0.2) is 30.6 Å². The molecule has 0 spiro atoms. The van der Waals surface area contributed by atoms with E-state index in [2.05, 4.69) is 20.3 Å². The summed E-state index contributed by atoms with van der Waals surface area (Å²) in [5.41, 5.74) is 9.80. The van der Waals surface area contributed by atoms with Crippen molar-refractivity contribution >= 4 is 28.3 Å². The standard InChI is InChI=1S/C19H22N6O/c1-11-3-2-4-12-9-14(25-17(11)12)16(20)15-18(21)22-10-23-19(15)24-13-5-7-26-8-6-13/h2-4,9-10,13,20,25H,5-8H2,1H3,(H3,21,22,23,24). The zero-order valence-corrected chi connectivity index (χ0v) is 14.7. The molecule has 0 aliphatic carbocycles. The molecule has 1 aromatic carbocycles. The van der Waals surface area contributed by atoms with Crippen molar-refractivity contribution in [1.82, 2.24) is 15.0 Å². The van der Waals surface area contributed by atoms with E-state index in [1.54, 1.807) is 0 Å². The first-order valence-electron chi connectivity index (χ1n) is 8.76. The molecular formula is C19H22N6O. The molecule has 3 heterocycles. The summed E-state index contributed by atoms with van der Waals surface area (Å²) in [6, 6.07) is 8.31. The minimum Gasteiger partial charge on any atom is -0.383 e. The smallest absolute Gasteiger partial charge is 0.141 e. The van der Waals surface area contributed by atoms with Gasteiger partial charge in [0.05, 0.1) is 17.0 Å². The van der Waals surface area contributed by atoms with Crippen LogP contribution in [0.2, 0.25) is 0 Å². The van der Waals surface area contributed by atoms with Gasteiger partial charge in [-0.2, -0.15) is 0 Å². The Labute approximate surface area is 151 Å². The summed E-state index contributed by atoms with van der Waals surface area (Å²) in [6.07, 6.45) is 3.24. The van der Waals surface area contributed by atoms with Crippen molar-refractivity contribution < 1.29 is 4.74 Å². The molecule has 0 saturated carbocycles. The summed E-state index contributed by atoms with van der Waals surface area (Å²) in [4.78, 5) is 11.8. The highest BCUT2D eigenvalue weighted by Gasteiger charge is 2.21. The molecule has 1 saturated heterocycles. The van der Waals surface area contributed by atoms with E-state index in [1.165, 1.54) is 6.33 Å². The van der Waals surface area contributed by atoms with Crippen LogP contribution >= 0.6 is 0 Å². The zero-order valence-electron chi connectivity index (χ0n) is 14.7. The van der Waals surface area contributed by atoms with E-state index < -0.39 is 0 Å². The second kappa shape index (κ2) is 6.76. The van der Waals surface area contributed by atoms with Gasteiger partial charge in [-0.3, -0.25) is 5.41 Å². The number of aromatic nitrogens is 3. The van der Waals surface area contributed by atoms with Gasteiger partial charge in [0.1, 0.15) is 18.0 Å². The van der Waals surface area contributed by atoms with Crippen molar-refractivity contribution in [3.05, 3.63) is 47.4 Å². The van der Waals surface area contributed by atoms with Crippen LogP contribution in [0.25, 0.3) is 10.9 Å². The van der Waals surface area contributed by atoms with E-state index in [4.69, 9.17) is 15.9 Å². The Morgan fingerprint density at radius 3 is 2.88 bits per heavy atom. The summed E-state index contributed by atoms with van der Waals surface area (Å²) in [5.74, 6) is 0.903. The van der Waals surface area contributed by atoms with Crippen LogP contribution in [0.3, 0.4) is 0 Å². The normalized spacial score (nSPS) is 15.3. The fourth-order valence-corrected chi connectivity index (χ4v) is 3.37. The fraction of sp³-hybridized carbons (Fsp3) is 0.316. The van der Waals surface area contributed by atoms with Crippen LogP contribution in [-0.4, -0.2) is 39.9 Å². The number of para-hydroxylation sites is 1. The van der Waals surface area contributed by atoms with Crippen LogP contribution in [0.4, 0.5) is 11.6 Å². The average molecular weight is 350 g/mol. The second-order valence-corrected chi connectivity index (χ2v) is 6.61. The molecule has 4 rings (SSSR count). The topological polar surface area (TPSA) is 113 Å². The quantitative estimate of drug-likeness (QED) is 0.541. The number of rotatable bonds is 4. The van der Waals surface area contributed by atoms with Gasteiger partial charge in [-0.25, -0.2) is 9.97 Å². The maximum atomic E-state index is 8.72. The van der Waals surface area contributed by atoms with Crippen molar-refractivity contribution in [1.29, 1.82) is 5.41 Å². The number of fused-ring (bicyclic) bond motifs is 1. The summed E-state index contributed by atoms with van der Waals surface area (Å²) < 4.78 is 5.41. The third-order valence-electron chi connectivity index (χ3n) is 4.82. The molecule has 1 fully saturated rings. The molecule has 3 aromatic rings. The first kappa shape index (κ1) is 16.5. The van der Waals surface area contributed by atoms with Gasteiger partial charge >= 0.3 is 0 Å². The number of H-pyrrole nitrogens is 1. The SMILES string of the molecule is Cc1cccc2cc(C(=N)c3c(N)ncnc3NC3CCOCC3)[nH]c12. The highest BCUT2D eigenvalue weighted by molar-refractivity contribution is 6.16. The lowest BCUT2D eigenvalue weighted by molar-refractivity contribution is 0.0904. The molecule has 5 N–H and O–H groups in total. The number of aryl methyl sites for hydroxylation is 1. The molecule has 7 heteroatoms. The van der Waals surface area contributed by atoms with Crippen LogP contribution in [0, 0.1) is 12.3 Å². The number of nitrogens with one attached hydrogen (secondary N) is 3. The van der Waals surface area contributed by atoms with E-state index in [9.17, 15) is 0 Å². The van der Waals surface area contributed by atoms with Crippen molar-refractivity contribution in [2.75, 3.05) is 24.3 Å². The van der Waals surface area contributed by atoms with Gasteiger partial charge in [-0.15, -0.1) is 0 Å². The van der Waals surface area contributed by atoms with Gasteiger partial charge in [0.2, 0.25) is 0 Å². The van der Waals surface area contributed by atoms with E-state index in [1.807, 2.05) is 31.2 Å². The van der Waals surface area contributed by atoms with Crippen LogP contribution in [0.5, 0.6) is 0 Å². The minimum absolute atomic E-state index is 0.259. The van der Waals surface area contributed by atoms with Gasteiger partial charge in [0.25, 0.3) is 0 Å². The highest BCUT2D eigenvalue weighted by atomic mass is 16.5. The molecule has 0 unspecified atom stereocenters. The molecule has 1 aliphatic heterocycles. The van der Waals surface area contributed by atoms with Crippen LogP contribution in [-0.2, 0) is 4.74 Å². The number of aromatic amines is 1. The van der Waals surface area contributed by atoms with Gasteiger partial charge in [-0.05, 0) is 31.4 Å². The van der Waals surface area contributed by atoms with Gasteiger partial charge < -0.3 is 20.8 Å². The number of hydrogen-bond donors (Lipinski definition) is 4. The Morgan fingerprint density at radius 2 is 2.12 bits per heavy atom. The number of ether oxygens (including phenoxy) is 1. The Morgan fingerprint density at radius 1 is 1.31 bits per heavy atom. The molecule has 1 aliphatic rings. The summed E-state index contributed by atoms with van der Waals surface area (Å²) in [6.45, 7) is 3.50. The Balaban J connectivity index is 1.71. The van der Waals surface area contributed by atoms with E-state index in [0.29, 0.717) is 22.9 Å². The van der Waals surface area contributed by atoms with E-state index in [-0.39, 0.29) is 11.8 Å². The predicted octanol–water partition coefficient (Wildman–Crippen LogP) is 2.86. The number of nitrogens with two attached hydrogens (primary N) is 1. The molecule has 2 aromatic heterocycles. The number of nitrogens with zero attached hydrogens (tertiary/aromatic N) is 2. The average Bonchev–Trinajstić information content (AvgIpc) is 3.08. The Bertz CT molecular complexity index is 958. The zero-order chi connectivity index (χ0) is 18.1. The molecule has 0 amide bonds. The molecule has 0 radical (unpaired) electrons. The number of anilines is 2. The highest BCUT2D eigenvalue weighted by Crippen LogP contribution is 2.26. The monoisotopic (exact) mass is 350 g/mol. The lowest BCUT2D eigenvalue weighted by Crippen LogP contribution is -2.29. The summed E-state index contributed by atoms with van der Waals surface area (Å²) >= 11 is 0. The molecule has 7 nitrogen and oxygen atoms in total. The van der Waals surface area contributed by atoms with Crippen molar-refractivity contribution in [2.45, 2.75) is 25.8 Å². The maximum Gasteiger partial charge on any atom is 0.141 e. The van der Waals surface area contributed by atoms with E-state index in [0.717, 1.165) is 42.5 Å². The number of nitrogen functional groups attached to an aromatic ring is 1. The molecule has 26 heavy (non-hydrogen) atoms. The van der Waals surface area contributed by atoms with Crippen LogP contribution in [0.1, 0.15) is 29.7 Å². The Kier molecular flexibility index (Phi) is 4.30. The first-order valence-corrected chi connectivity index (χ1v) is 8.76. The lowest BCUT2D eigenvalue weighted by Gasteiger charge is -2.24. The maximum absolute atomic E-state index is 8.72. The Hall–Kier alpha value is -2.93. The summed E-state index contributed by atoms with van der Waals surface area (Å²) in [5, 5.41) is 13.2. The molecular weight excluding hydrogens is 328 g/mol. The van der Waals surface area contributed by atoms with Crippen molar-refractivity contribution in [2.24, 2.45) is 0 Å². The third-order valence-corrected chi connectivity index (χ3v) is 4.82. The van der Waals surface area contributed by atoms with Gasteiger partial charge in [0.15, 0.2) is 0 Å². The first-order chi connectivity index (χ1) is 12.6. The largest absolute Gasteiger partial charge is 0.383 e. The second-order valence-electron chi connectivity index (χ2n) is 6.61. The third kappa shape index (κ3) is 3.01. The molecule has 0 bridgehead atoms. The number of hydrogen-bond acceptors (Lipinski definition) is 6. The minimum atomic E-state index is 0.259. The van der Waals surface area contributed by atoms with Gasteiger partial charge in [-0.1, -0.05) is 18.2 Å².